The molecule has 0 N–H and O–H groups in total. The molecular weight excluding hydrogens is 316 g/mol. The van der Waals surface area contributed by atoms with E-state index in [2.05, 4.69) is 65.7 Å². The number of rotatable bonds is 14. The van der Waals surface area contributed by atoms with Gasteiger partial charge in [-0.1, -0.05) is 82.7 Å². The van der Waals surface area contributed by atoms with E-state index in [0.717, 1.165) is 6.54 Å². The van der Waals surface area contributed by atoms with E-state index in [1.165, 1.54) is 82.7 Å². The molecule has 0 aliphatic rings. The predicted octanol–water partition coefficient (Wildman–Crippen LogP) is 6.11. The molecule has 2 rings (SSSR count). The summed E-state index contributed by atoms with van der Waals surface area (Å²) in [6.07, 6.45) is 19.0. The molecule has 0 radical (unpaired) electrons. The SMILES string of the molecule is CCCCCCCCc1n(CCCC)cc[n+]1CCCc1ccccc1. The second kappa shape index (κ2) is 12.7. The van der Waals surface area contributed by atoms with Crippen LogP contribution >= 0.6 is 0 Å². The Hall–Kier alpha value is -1.57. The number of imidazole rings is 1. The van der Waals surface area contributed by atoms with Crippen molar-refractivity contribution in [2.75, 3.05) is 0 Å². The maximum Gasteiger partial charge on any atom is 0.256 e. The van der Waals surface area contributed by atoms with Crippen molar-refractivity contribution in [2.45, 2.75) is 97.6 Å². The first-order valence-corrected chi connectivity index (χ1v) is 11.0. The van der Waals surface area contributed by atoms with Crippen molar-refractivity contribution in [2.24, 2.45) is 0 Å². The van der Waals surface area contributed by atoms with Gasteiger partial charge in [0, 0.05) is 6.42 Å². The summed E-state index contributed by atoms with van der Waals surface area (Å²) < 4.78 is 5.03. The third-order valence-electron chi connectivity index (χ3n) is 5.30. The monoisotopic (exact) mass is 355 g/mol. The van der Waals surface area contributed by atoms with Crippen LogP contribution in [0.15, 0.2) is 42.7 Å². The van der Waals surface area contributed by atoms with Gasteiger partial charge in [-0.2, -0.15) is 0 Å². The molecule has 1 aromatic heterocycles. The lowest BCUT2D eigenvalue weighted by Gasteiger charge is -2.06. The first kappa shape index (κ1) is 20.7. The van der Waals surface area contributed by atoms with Gasteiger partial charge in [-0.15, -0.1) is 0 Å². The predicted molar refractivity (Wildman–Crippen MR) is 111 cm³/mol. The molecule has 1 aromatic carbocycles. The molecule has 0 fully saturated rings. The molecule has 26 heavy (non-hydrogen) atoms. The number of hydrogen-bond donors (Lipinski definition) is 0. The van der Waals surface area contributed by atoms with Crippen molar-refractivity contribution >= 4 is 0 Å². The largest absolute Gasteiger partial charge is 0.256 e. The van der Waals surface area contributed by atoms with Gasteiger partial charge in [0.1, 0.15) is 12.4 Å². The smallest absolute Gasteiger partial charge is 0.234 e. The van der Waals surface area contributed by atoms with Crippen LogP contribution in [0.25, 0.3) is 0 Å². The second-order valence-corrected chi connectivity index (χ2v) is 7.56. The van der Waals surface area contributed by atoms with Gasteiger partial charge in [0.25, 0.3) is 5.82 Å². The minimum atomic E-state index is 1.14. The zero-order valence-corrected chi connectivity index (χ0v) is 17.1. The number of aryl methyl sites for hydroxylation is 3. The molecule has 0 atom stereocenters. The molecule has 0 spiro atoms. The highest BCUT2D eigenvalue weighted by atomic mass is 15.1. The van der Waals surface area contributed by atoms with Crippen LogP contribution in [-0.2, 0) is 25.9 Å². The van der Waals surface area contributed by atoms with Crippen molar-refractivity contribution in [3.05, 3.63) is 54.1 Å². The highest BCUT2D eigenvalue weighted by Crippen LogP contribution is 2.10. The Morgan fingerprint density at radius 2 is 1.50 bits per heavy atom. The summed E-state index contributed by atoms with van der Waals surface area (Å²) >= 11 is 0. The summed E-state index contributed by atoms with van der Waals surface area (Å²) in [5, 5.41) is 0. The molecule has 0 saturated heterocycles. The van der Waals surface area contributed by atoms with Crippen LogP contribution < -0.4 is 4.57 Å². The van der Waals surface area contributed by atoms with E-state index in [1.54, 1.807) is 5.82 Å². The van der Waals surface area contributed by atoms with Gasteiger partial charge < -0.3 is 0 Å². The third kappa shape index (κ3) is 7.35. The Kier molecular flexibility index (Phi) is 10.2. The Morgan fingerprint density at radius 3 is 2.27 bits per heavy atom. The van der Waals surface area contributed by atoms with Crippen molar-refractivity contribution in [1.29, 1.82) is 0 Å². The summed E-state index contributed by atoms with van der Waals surface area (Å²) in [5.41, 5.74) is 1.45. The number of unbranched alkanes of at least 4 members (excludes halogenated alkanes) is 6. The Labute approximate surface area is 161 Å². The van der Waals surface area contributed by atoms with Gasteiger partial charge in [-0.05, 0) is 31.2 Å². The fourth-order valence-corrected chi connectivity index (χ4v) is 3.68. The van der Waals surface area contributed by atoms with Gasteiger partial charge in [0.2, 0.25) is 0 Å². The summed E-state index contributed by atoms with van der Waals surface area (Å²) in [6.45, 7) is 6.89. The molecule has 2 nitrogen and oxygen atoms in total. The number of aromatic nitrogens is 2. The highest BCUT2D eigenvalue weighted by Gasteiger charge is 2.16. The Bertz CT molecular complexity index is 586. The molecule has 0 bridgehead atoms. The van der Waals surface area contributed by atoms with Crippen LogP contribution in [-0.4, -0.2) is 4.57 Å². The molecule has 1 heterocycles. The normalized spacial score (nSPS) is 11.2. The molecule has 0 amide bonds. The lowest BCUT2D eigenvalue weighted by atomic mass is 10.1. The average Bonchev–Trinajstić information content (AvgIpc) is 3.05. The molecule has 0 saturated carbocycles. The molecule has 144 valence electrons. The summed E-state index contributed by atoms with van der Waals surface area (Å²) in [7, 11) is 0. The van der Waals surface area contributed by atoms with E-state index in [4.69, 9.17) is 0 Å². The molecule has 0 unspecified atom stereocenters. The zero-order valence-electron chi connectivity index (χ0n) is 17.1. The van der Waals surface area contributed by atoms with Crippen molar-refractivity contribution in [3.8, 4) is 0 Å². The average molecular weight is 356 g/mol. The minimum absolute atomic E-state index is 1.14. The molecule has 0 aliphatic heterocycles. The lowest BCUT2D eigenvalue weighted by molar-refractivity contribution is -0.704. The van der Waals surface area contributed by atoms with E-state index in [0.29, 0.717) is 0 Å². The summed E-state index contributed by atoms with van der Waals surface area (Å²) in [4.78, 5) is 0. The first-order chi connectivity index (χ1) is 12.8. The van der Waals surface area contributed by atoms with Crippen LogP contribution in [0.3, 0.4) is 0 Å². The Morgan fingerprint density at radius 1 is 0.769 bits per heavy atom. The number of hydrogen-bond acceptors (Lipinski definition) is 0. The van der Waals surface area contributed by atoms with Crippen molar-refractivity contribution < 1.29 is 4.57 Å². The van der Waals surface area contributed by atoms with Crippen molar-refractivity contribution in [1.82, 2.24) is 4.57 Å². The highest BCUT2D eigenvalue weighted by molar-refractivity contribution is 5.14. The molecule has 2 heteroatoms. The van der Waals surface area contributed by atoms with Crippen LogP contribution in [0.2, 0.25) is 0 Å². The van der Waals surface area contributed by atoms with Gasteiger partial charge in [-0.25, -0.2) is 9.13 Å². The number of nitrogens with zero attached hydrogens (tertiary/aromatic N) is 2. The zero-order chi connectivity index (χ0) is 18.5. The maximum atomic E-state index is 2.52. The van der Waals surface area contributed by atoms with Crippen LogP contribution in [0.1, 0.15) is 83.0 Å². The minimum Gasteiger partial charge on any atom is -0.234 e. The van der Waals surface area contributed by atoms with Gasteiger partial charge in [0.05, 0.1) is 13.1 Å². The first-order valence-electron chi connectivity index (χ1n) is 11.0. The molecule has 0 aliphatic carbocycles. The van der Waals surface area contributed by atoms with E-state index >= 15 is 0 Å². The van der Waals surface area contributed by atoms with E-state index in [-0.39, 0.29) is 0 Å². The number of benzene rings is 1. The topological polar surface area (TPSA) is 8.81 Å². The van der Waals surface area contributed by atoms with E-state index < -0.39 is 0 Å². The molecular formula is C24H39N2+. The molecule has 2 aromatic rings. The van der Waals surface area contributed by atoms with Gasteiger partial charge in [0.15, 0.2) is 0 Å². The van der Waals surface area contributed by atoms with Gasteiger partial charge >= 0.3 is 0 Å². The Balaban J connectivity index is 1.86. The van der Waals surface area contributed by atoms with E-state index in [9.17, 15) is 0 Å². The third-order valence-corrected chi connectivity index (χ3v) is 5.30. The second-order valence-electron chi connectivity index (χ2n) is 7.56. The fourth-order valence-electron chi connectivity index (χ4n) is 3.68. The van der Waals surface area contributed by atoms with Crippen LogP contribution in [0.4, 0.5) is 0 Å². The van der Waals surface area contributed by atoms with E-state index in [1.807, 2.05) is 0 Å². The maximum absolute atomic E-state index is 2.52. The van der Waals surface area contributed by atoms with Gasteiger partial charge in [-0.3, -0.25) is 0 Å². The van der Waals surface area contributed by atoms with Crippen LogP contribution in [0.5, 0.6) is 0 Å². The van der Waals surface area contributed by atoms with Crippen molar-refractivity contribution in [3.63, 3.8) is 0 Å². The lowest BCUT2D eigenvalue weighted by Crippen LogP contribution is -2.37. The standard InChI is InChI=1S/C24H39N2/c1-3-5-7-8-9-13-18-24-25(19-6-4-2)21-22-26(24)20-14-17-23-15-11-10-12-16-23/h10-12,15-16,21-22H,3-9,13-14,17-20H2,1-2H3/q+1. The summed E-state index contributed by atoms with van der Waals surface area (Å²) in [5.74, 6) is 1.54. The fraction of sp³-hybridized carbons (Fsp3) is 0.625. The van der Waals surface area contributed by atoms with Crippen LogP contribution in [0, 0.1) is 0 Å². The quantitative estimate of drug-likeness (QED) is 0.285. The summed E-state index contributed by atoms with van der Waals surface area (Å²) in [6, 6.07) is 10.9.